The largest absolute Gasteiger partial charge is 0.493 e. The Hall–Kier alpha value is -3.55. The monoisotopic (exact) mass is 384 g/mol. The van der Waals surface area contributed by atoms with E-state index in [1.165, 1.54) is 21.3 Å². The van der Waals surface area contributed by atoms with Gasteiger partial charge in [-0.3, -0.25) is 4.79 Å². The van der Waals surface area contributed by atoms with Crippen LogP contribution in [-0.2, 0) is 22.6 Å². The molecule has 28 heavy (non-hydrogen) atoms. The van der Waals surface area contributed by atoms with E-state index in [4.69, 9.17) is 23.4 Å². The van der Waals surface area contributed by atoms with Crippen LogP contribution in [0.1, 0.15) is 11.5 Å². The van der Waals surface area contributed by atoms with Gasteiger partial charge in [0.1, 0.15) is 0 Å². The second-order valence-corrected chi connectivity index (χ2v) is 5.74. The third-order valence-electron chi connectivity index (χ3n) is 3.92. The molecule has 2 aromatic carbocycles. The molecule has 0 saturated carbocycles. The fourth-order valence-electron chi connectivity index (χ4n) is 2.61. The zero-order valence-corrected chi connectivity index (χ0v) is 15.8. The smallest absolute Gasteiger partial charge is 0.310 e. The highest BCUT2D eigenvalue weighted by atomic mass is 16.5. The molecule has 3 rings (SSSR count). The normalized spacial score (nSPS) is 10.4. The van der Waals surface area contributed by atoms with Crippen LogP contribution in [0.4, 0.5) is 0 Å². The maximum absolute atomic E-state index is 12.2. The standard InChI is InChI=1S/C20H20N2O6/c1-24-15-9-13(10-16(25-2)19(15)26-3)11-18(23)27-12-17-21-22-20(28-17)14-7-5-4-6-8-14/h4-10H,11-12H2,1-3H3. The van der Waals surface area contributed by atoms with E-state index in [9.17, 15) is 4.79 Å². The first-order valence-corrected chi connectivity index (χ1v) is 8.47. The highest BCUT2D eigenvalue weighted by Gasteiger charge is 2.16. The van der Waals surface area contributed by atoms with Crippen molar-refractivity contribution in [2.24, 2.45) is 0 Å². The lowest BCUT2D eigenvalue weighted by atomic mass is 10.1. The summed E-state index contributed by atoms with van der Waals surface area (Å²) in [4.78, 5) is 12.2. The fourth-order valence-corrected chi connectivity index (χ4v) is 2.61. The number of methoxy groups -OCH3 is 3. The molecule has 8 heteroatoms. The molecule has 0 spiro atoms. The number of esters is 1. The zero-order valence-electron chi connectivity index (χ0n) is 15.8. The molecule has 1 heterocycles. The van der Waals surface area contributed by atoms with Crippen molar-refractivity contribution in [3.63, 3.8) is 0 Å². The molecular formula is C20H20N2O6. The van der Waals surface area contributed by atoms with Crippen molar-refractivity contribution < 1.29 is 28.2 Å². The van der Waals surface area contributed by atoms with Gasteiger partial charge in [0.2, 0.25) is 11.6 Å². The summed E-state index contributed by atoms with van der Waals surface area (Å²) in [7, 11) is 4.54. The summed E-state index contributed by atoms with van der Waals surface area (Å²) < 4.78 is 26.6. The molecule has 0 atom stereocenters. The van der Waals surface area contributed by atoms with Gasteiger partial charge in [0.15, 0.2) is 18.1 Å². The van der Waals surface area contributed by atoms with Crippen molar-refractivity contribution >= 4 is 5.97 Å². The van der Waals surface area contributed by atoms with Gasteiger partial charge in [-0.25, -0.2) is 0 Å². The van der Waals surface area contributed by atoms with Crippen molar-refractivity contribution in [2.45, 2.75) is 13.0 Å². The molecule has 0 saturated heterocycles. The van der Waals surface area contributed by atoms with E-state index in [1.54, 1.807) is 12.1 Å². The van der Waals surface area contributed by atoms with Gasteiger partial charge in [-0.1, -0.05) is 18.2 Å². The van der Waals surface area contributed by atoms with Gasteiger partial charge < -0.3 is 23.4 Å². The summed E-state index contributed by atoms with van der Waals surface area (Å²) in [6, 6.07) is 12.7. The van der Waals surface area contributed by atoms with Gasteiger partial charge in [0.05, 0.1) is 27.8 Å². The Morgan fingerprint density at radius 1 is 0.964 bits per heavy atom. The lowest BCUT2D eigenvalue weighted by Crippen LogP contribution is -2.09. The molecule has 8 nitrogen and oxygen atoms in total. The number of rotatable bonds is 8. The molecule has 0 bridgehead atoms. The van der Waals surface area contributed by atoms with Crippen LogP contribution in [-0.4, -0.2) is 37.5 Å². The Kier molecular flexibility index (Phi) is 6.11. The van der Waals surface area contributed by atoms with Gasteiger partial charge in [0.25, 0.3) is 5.89 Å². The first-order chi connectivity index (χ1) is 13.6. The van der Waals surface area contributed by atoms with Crippen molar-refractivity contribution in [1.82, 2.24) is 10.2 Å². The first kappa shape index (κ1) is 19.2. The number of carbonyl (C=O) groups is 1. The van der Waals surface area contributed by atoms with Crippen LogP contribution >= 0.6 is 0 Å². The third kappa shape index (κ3) is 4.40. The molecule has 0 aliphatic heterocycles. The molecule has 0 fully saturated rings. The average molecular weight is 384 g/mol. The van der Waals surface area contributed by atoms with E-state index >= 15 is 0 Å². The molecule has 1 aromatic heterocycles. The minimum atomic E-state index is -0.450. The lowest BCUT2D eigenvalue weighted by molar-refractivity contribution is -0.144. The number of hydrogen-bond donors (Lipinski definition) is 0. The van der Waals surface area contributed by atoms with Gasteiger partial charge in [-0.05, 0) is 29.8 Å². The molecule has 0 radical (unpaired) electrons. The summed E-state index contributed by atoms with van der Waals surface area (Å²) in [5.74, 6) is 1.53. The molecule has 146 valence electrons. The van der Waals surface area contributed by atoms with Crippen LogP contribution in [0.3, 0.4) is 0 Å². The van der Waals surface area contributed by atoms with Crippen LogP contribution in [0.15, 0.2) is 46.9 Å². The quantitative estimate of drug-likeness (QED) is 0.547. The summed E-state index contributed by atoms with van der Waals surface area (Å²) in [5, 5.41) is 7.86. The molecule has 0 N–H and O–H groups in total. The highest BCUT2D eigenvalue weighted by molar-refractivity contribution is 5.73. The minimum Gasteiger partial charge on any atom is -0.493 e. The molecule has 0 amide bonds. The molecule has 0 unspecified atom stereocenters. The second kappa shape index (κ2) is 8.90. The van der Waals surface area contributed by atoms with Crippen LogP contribution in [0, 0.1) is 0 Å². The van der Waals surface area contributed by atoms with E-state index in [0.717, 1.165) is 5.56 Å². The Balaban J connectivity index is 1.63. The Morgan fingerprint density at radius 2 is 1.64 bits per heavy atom. The summed E-state index contributed by atoms with van der Waals surface area (Å²) in [6.45, 7) is -0.108. The number of benzene rings is 2. The average Bonchev–Trinajstić information content (AvgIpc) is 3.21. The number of aromatic nitrogens is 2. The SMILES string of the molecule is COc1cc(CC(=O)OCc2nnc(-c3ccccc3)o2)cc(OC)c1OC. The Bertz CT molecular complexity index is 914. The second-order valence-electron chi connectivity index (χ2n) is 5.74. The summed E-state index contributed by atoms with van der Waals surface area (Å²) >= 11 is 0. The maximum Gasteiger partial charge on any atom is 0.310 e. The minimum absolute atomic E-state index is 0.0242. The van der Waals surface area contributed by atoms with Gasteiger partial charge in [-0.15, -0.1) is 10.2 Å². The van der Waals surface area contributed by atoms with E-state index in [2.05, 4.69) is 10.2 Å². The first-order valence-electron chi connectivity index (χ1n) is 8.47. The predicted octanol–water partition coefficient (Wildman–Crippen LogP) is 3.05. The van der Waals surface area contributed by atoms with Gasteiger partial charge in [0, 0.05) is 5.56 Å². The molecule has 3 aromatic rings. The van der Waals surface area contributed by atoms with Gasteiger partial charge >= 0.3 is 5.97 Å². The summed E-state index contributed by atoms with van der Waals surface area (Å²) in [6.07, 6.45) is 0.0242. The van der Waals surface area contributed by atoms with Gasteiger partial charge in [-0.2, -0.15) is 0 Å². The van der Waals surface area contributed by atoms with Crippen LogP contribution in [0.25, 0.3) is 11.5 Å². The maximum atomic E-state index is 12.2. The number of carbonyl (C=O) groups excluding carboxylic acids is 1. The summed E-state index contributed by atoms with van der Waals surface area (Å²) in [5.41, 5.74) is 1.46. The number of ether oxygens (including phenoxy) is 4. The molecule has 0 aliphatic rings. The van der Waals surface area contributed by atoms with Crippen molar-refractivity contribution in [1.29, 1.82) is 0 Å². The predicted molar refractivity (Wildman–Crippen MR) is 99.3 cm³/mol. The topological polar surface area (TPSA) is 92.9 Å². The van der Waals surface area contributed by atoms with E-state index in [1.807, 2.05) is 30.3 Å². The van der Waals surface area contributed by atoms with E-state index in [-0.39, 0.29) is 18.9 Å². The van der Waals surface area contributed by atoms with Crippen molar-refractivity contribution in [3.05, 3.63) is 53.9 Å². The van der Waals surface area contributed by atoms with Crippen LogP contribution < -0.4 is 14.2 Å². The lowest BCUT2D eigenvalue weighted by Gasteiger charge is -2.13. The molecule has 0 aliphatic carbocycles. The molecular weight excluding hydrogens is 364 g/mol. The Labute approximate surface area is 162 Å². The van der Waals surface area contributed by atoms with Crippen molar-refractivity contribution in [3.8, 4) is 28.7 Å². The van der Waals surface area contributed by atoms with Crippen LogP contribution in [0.5, 0.6) is 17.2 Å². The third-order valence-corrected chi connectivity index (χ3v) is 3.92. The highest BCUT2D eigenvalue weighted by Crippen LogP contribution is 2.38. The fraction of sp³-hybridized carbons (Fsp3) is 0.250. The number of hydrogen-bond acceptors (Lipinski definition) is 8. The van der Waals surface area contributed by atoms with E-state index < -0.39 is 5.97 Å². The number of nitrogens with zero attached hydrogens (tertiary/aromatic N) is 2. The van der Waals surface area contributed by atoms with E-state index in [0.29, 0.717) is 28.7 Å². The zero-order chi connectivity index (χ0) is 19.9. The van der Waals surface area contributed by atoms with Crippen LogP contribution in [0.2, 0.25) is 0 Å². The van der Waals surface area contributed by atoms with Crippen molar-refractivity contribution in [2.75, 3.05) is 21.3 Å². The Morgan fingerprint density at radius 3 is 2.25 bits per heavy atom.